The van der Waals surface area contributed by atoms with Gasteiger partial charge in [-0.25, -0.2) is 8.42 Å². The molecule has 122 valence electrons. The van der Waals surface area contributed by atoms with Crippen molar-refractivity contribution in [1.29, 1.82) is 0 Å². The first-order valence-electron chi connectivity index (χ1n) is 6.36. The van der Waals surface area contributed by atoms with Crippen molar-refractivity contribution in [3.63, 3.8) is 0 Å². The molecule has 0 amide bonds. The van der Waals surface area contributed by atoms with Crippen LogP contribution >= 0.6 is 11.6 Å². The Morgan fingerprint density at radius 3 is 2.57 bits per heavy atom. The summed E-state index contributed by atoms with van der Waals surface area (Å²) in [6.07, 6.45) is 0. The van der Waals surface area contributed by atoms with E-state index < -0.39 is 26.5 Å². The average Bonchev–Trinajstić information content (AvgIpc) is 2.47. The molecular formula is C14H12ClFN2O4S. The van der Waals surface area contributed by atoms with Crippen LogP contribution in [0.25, 0.3) is 0 Å². The Hall–Kier alpha value is -2.03. The molecule has 23 heavy (non-hydrogen) atoms. The van der Waals surface area contributed by atoms with E-state index in [1.165, 1.54) is 7.05 Å². The first kappa shape index (κ1) is 17.3. The summed E-state index contributed by atoms with van der Waals surface area (Å²) in [5.41, 5.74) is -0.234. The first-order valence-corrected chi connectivity index (χ1v) is 8.18. The van der Waals surface area contributed by atoms with Crippen LogP contribution in [0.3, 0.4) is 0 Å². The Labute approximate surface area is 137 Å². The molecule has 0 atom stereocenters. The van der Waals surface area contributed by atoms with Crippen molar-refractivity contribution in [3.8, 4) is 0 Å². The number of benzene rings is 2. The van der Waals surface area contributed by atoms with Crippen LogP contribution in [0, 0.1) is 15.9 Å². The third kappa shape index (κ3) is 3.84. The molecule has 0 heterocycles. The van der Waals surface area contributed by atoms with E-state index in [4.69, 9.17) is 11.6 Å². The summed E-state index contributed by atoms with van der Waals surface area (Å²) in [4.78, 5) is 9.42. The third-order valence-corrected chi connectivity index (χ3v) is 5.15. The van der Waals surface area contributed by atoms with Gasteiger partial charge in [0.05, 0.1) is 9.82 Å². The monoisotopic (exact) mass is 358 g/mol. The molecule has 2 rings (SSSR count). The molecular weight excluding hydrogens is 347 g/mol. The van der Waals surface area contributed by atoms with Crippen LogP contribution in [-0.2, 0) is 16.6 Å². The molecule has 0 aliphatic rings. The van der Waals surface area contributed by atoms with Gasteiger partial charge in [-0.3, -0.25) is 10.1 Å². The highest BCUT2D eigenvalue weighted by Crippen LogP contribution is 2.24. The third-order valence-electron chi connectivity index (χ3n) is 3.12. The van der Waals surface area contributed by atoms with E-state index in [-0.39, 0.29) is 11.4 Å². The first-order chi connectivity index (χ1) is 10.7. The summed E-state index contributed by atoms with van der Waals surface area (Å²) in [6, 6.07) is 9.11. The number of nitro groups is 1. The van der Waals surface area contributed by atoms with E-state index in [1.54, 1.807) is 24.3 Å². The van der Waals surface area contributed by atoms with Gasteiger partial charge in [0, 0.05) is 24.7 Å². The number of hydrogen-bond donors (Lipinski definition) is 0. The molecule has 0 radical (unpaired) electrons. The smallest absolute Gasteiger partial charge is 0.258 e. The molecule has 0 N–H and O–H groups in total. The molecule has 0 aliphatic heterocycles. The molecule has 0 aliphatic carbocycles. The van der Waals surface area contributed by atoms with Crippen molar-refractivity contribution < 1.29 is 17.7 Å². The van der Waals surface area contributed by atoms with Gasteiger partial charge in [0.25, 0.3) is 0 Å². The predicted octanol–water partition coefficient (Wildman–Crippen LogP) is 3.21. The van der Waals surface area contributed by atoms with E-state index in [0.717, 1.165) is 16.4 Å². The standard InChI is InChI=1S/C14H12ClFN2O4S/c1-17(9-10-3-2-4-11(15)7-10)23(21,22)12-5-6-13(16)14(8-12)18(19)20/h2-8H,9H2,1H3. The van der Waals surface area contributed by atoms with Gasteiger partial charge in [-0.2, -0.15) is 8.70 Å². The highest BCUT2D eigenvalue weighted by atomic mass is 35.5. The van der Waals surface area contributed by atoms with E-state index in [9.17, 15) is 22.9 Å². The molecule has 0 fully saturated rings. The Morgan fingerprint density at radius 1 is 1.26 bits per heavy atom. The van der Waals surface area contributed by atoms with Gasteiger partial charge >= 0.3 is 5.69 Å². The largest absolute Gasteiger partial charge is 0.306 e. The molecule has 0 spiro atoms. The minimum Gasteiger partial charge on any atom is -0.258 e. The lowest BCUT2D eigenvalue weighted by Gasteiger charge is -2.17. The van der Waals surface area contributed by atoms with E-state index in [0.29, 0.717) is 16.7 Å². The molecule has 6 nitrogen and oxygen atoms in total. The number of sulfonamides is 1. The van der Waals surface area contributed by atoms with Crippen LogP contribution in [0.5, 0.6) is 0 Å². The van der Waals surface area contributed by atoms with Crippen LogP contribution in [0.2, 0.25) is 5.02 Å². The molecule has 2 aromatic rings. The lowest BCUT2D eigenvalue weighted by Crippen LogP contribution is -2.26. The maximum absolute atomic E-state index is 13.3. The number of hydrogen-bond acceptors (Lipinski definition) is 4. The summed E-state index contributed by atoms with van der Waals surface area (Å²) in [6.45, 7) is 0.0219. The maximum Gasteiger partial charge on any atom is 0.306 e. The molecule has 0 unspecified atom stereocenters. The Kier molecular flexibility index (Phi) is 4.98. The number of nitrogens with zero attached hydrogens (tertiary/aromatic N) is 2. The minimum atomic E-state index is -4.00. The Morgan fingerprint density at radius 2 is 1.96 bits per heavy atom. The van der Waals surface area contributed by atoms with Gasteiger partial charge in [0.2, 0.25) is 15.8 Å². The highest BCUT2D eigenvalue weighted by Gasteiger charge is 2.25. The molecule has 9 heteroatoms. The second kappa shape index (κ2) is 6.61. The number of halogens is 2. The van der Waals surface area contributed by atoms with Crippen LogP contribution in [0.15, 0.2) is 47.4 Å². The van der Waals surface area contributed by atoms with Crippen molar-refractivity contribution >= 4 is 27.3 Å². The van der Waals surface area contributed by atoms with E-state index in [2.05, 4.69) is 0 Å². The lowest BCUT2D eigenvalue weighted by molar-refractivity contribution is -0.387. The zero-order valence-electron chi connectivity index (χ0n) is 11.9. The summed E-state index contributed by atoms with van der Waals surface area (Å²) < 4.78 is 39.3. The number of rotatable bonds is 5. The zero-order chi connectivity index (χ0) is 17.2. The predicted molar refractivity (Wildman–Crippen MR) is 83.2 cm³/mol. The summed E-state index contributed by atoms with van der Waals surface area (Å²) in [5, 5.41) is 11.2. The average molecular weight is 359 g/mol. The fourth-order valence-electron chi connectivity index (χ4n) is 1.95. The molecule has 0 aromatic heterocycles. The summed E-state index contributed by atoms with van der Waals surface area (Å²) >= 11 is 5.85. The van der Waals surface area contributed by atoms with Crippen molar-refractivity contribution in [1.82, 2.24) is 4.31 Å². The van der Waals surface area contributed by atoms with E-state index in [1.807, 2.05) is 0 Å². The van der Waals surface area contributed by atoms with Crippen LogP contribution in [0.4, 0.5) is 10.1 Å². The normalized spacial score (nSPS) is 11.7. The molecule has 0 saturated carbocycles. The van der Waals surface area contributed by atoms with Crippen LogP contribution in [0.1, 0.15) is 5.56 Å². The van der Waals surface area contributed by atoms with E-state index >= 15 is 0 Å². The quantitative estimate of drug-likeness (QED) is 0.607. The fraction of sp³-hybridized carbons (Fsp3) is 0.143. The van der Waals surface area contributed by atoms with Crippen LogP contribution < -0.4 is 0 Å². The van der Waals surface area contributed by atoms with Crippen molar-refractivity contribution in [2.24, 2.45) is 0 Å². The van der Waals surface area contributed by atoms with Gasteiger partial charge in [-0.15, -0.1) is 0 Å². The van der Waals surface area contributed by atoms with Gasteiger partial charge in [-0.05, 0) is 29.8 Å². The topological polar surface area (TPSA) is 80.5 Å². The molecule has 0 bridgehead atoms. The van der Waals surface area contributed by atoms with Gasteiger partial charge in [0.1, 0.15) is 0 Å². The van der Waals surface area contributed by atoms with Gasteiger partial charge in [0.15, 0.2) is 0 Å². The maximum atomic E-state index is 13.3. The fourth-order valence-corrected chi connectivity index (χ4v) is 3.34. The van der Waals surface area contributed by atoms with Crippen molar-refractivity contribution in [2.75, 3.05) is 7.05 Å². The highest BCUT2D eigenvalue weighted by molar-refractivity contribution is 7.89. The Bertz CT molecular complexity index is 858. The molecule has 0 saturated heterocycles. The van der Waals surface area contributed by atoms with Crippen molar-refractivity contribution in [3.05, 3.63) is 69.0 Å². The second-order valence-corrected chi connectivity index (χ2v) is 7.24. The summed E-state index contributed by atoms with van der Waals surface area (Å²) in [5.74, 6) is -1.09. The SMILES string of the molecule is CN(Cc1cccc(Cl)c1)S(=O)(=O)c1ccc(F)c([N+](=O)[O-])c1. The molecule has 2 aromatic carbocycles. The summed E-state index contributed by atoms with van der Waals surface area (Å²) in [7, 11) is -2.68. The van der Waals surface area contributed by atoms with Crippen molar-refractivity contribution in [2.45, 2.75) is 11.4 Å². The Balaban J connectivity index is 2.34. The number of nitro benzene ring substituents is 1. The van der Waals surface area contributed by atoms with Crippen LogP contribution in [-0.4, -0.2) is 24.7 Å². The van der Waals surface area contributed by atoms with Gasteiger partial charge in [-0.1, -0.05) is 23.7 Å². The zero-order valence-corrected chi connectivity index (χ0v) is 13.5. The second-order valence-electron chi connectivity index (χ2n) is 4.76. The minimum absolute atomic E-state index is 0.0219. The van der Waals surface area contributed by atoms with Gasteiger partial charge < -0.3 is 0 Å². The lowest BCUT2D eigenvalue weighted by atomic mass is 10.2.